The van der Waals surface area contributed by atoms with Gasteiger partial charge in [0.15, 0.2) is 0 Å². The van der Waals surface area contributed by atoms with Gasteiger partial charge in [0, 0.05) is 13.1 Å². The molecule has 0 radical (unpaired) electrons. The fourth-order valence-electron chi connectivity index (χ4n) is 1.58. The third-order valence-electron chi connectivity index (χ3n) is 2.57. The second kappa shape index (κ2) is 6.53. The van der Waals surface area contributed by atoms with E-state index in [1.807, 2.05) is 31.2 Å². The smallest absolute Gasteiger partial charge is 0.243 e. The average Bonchev–Trinajstić information content (AvgIpc) is 2.91. The van der Waals surface area contributed by atoms with E-state index in [1.165, 1.54) is 0 Å². The van der Waals surface area contributed by atoms with Crippen LogP contribution >= 0.6 is 0 Å². The number of tetrazole rings is 1. The van der Waals surface area contributed by atoms with Crippen LogP contribution in [0.1, 0.15) is 12.5 Å². The summed E-state index contributed by atoms with van der Waals surface area (Å²) in [5.74, 6) is 1.51. The van der Waals surface area contributed by atoms with Crippen LogP contribution in [0.15, 0.2) is 36.9 Å². The summed E-state index contributed by atoms with van der Waals surface area (Å²) in [6.45, 7) is 7.53. The van der Waals surface area contributed by atoms with Crippen molar-refractivity contribution < 1.29 is 4.74 Å². The third-order valence-corrected chi connectivity index (χ3v) is 2.57. The molecule has 6 nitrogen and oxygen atoms in total. The molecule has 19 heavy (non-hydrogen) atoms. The number of ether oxygens (including phenoxy) is 1. The largest absolute Gasteiger partial charge is 0.490 e. The molecule has 0 fully saturated rings. The molecule has 0 unspecified atom stereocenters. The lowest BCUT2D eigenvalue weighted by Gasteiger charge is -2.07. The highest BCUT2D eigenvalue weighted by Crippen LogP contribution is 2.13. The van der Waals surface area contributed by atoms with Crippen LogP contribution in [0.2, 0.25) is 0 Å². The van der Waals surface area contributed by atoms with E-state index in [4.69, 9.17) is 4.74 Å². The van der Waals surface area contributed by atoms with Gasteiger partial charge in [0.1, 0.15) is 12.4 Å². The number of benzene rings is 1. The first kappa shape index (κ1) is 13.1. The number of aromatic nitrogens is 4. The van der Waals surface area contributed by atoms with Gasteiger partial charge in [-0.15, -0.1) is 0 Å². The van der Waals surface area contributed by atoms with Crippen LogP contribution in [0, 0.1) is 0 Å². The Balaban J connectivity index is 1.91. The van der Waals surface area contributed by atoms with Crippen LogP contribution in [0.3, 0.4) is 0 Å². The minimum absolute atomic E-state index is 0.517. The van der Waals surface area contributed by atoms with Crippen molar-refractivity contribution in [1.82, 2.24) is 20.2 Å². The van der Waals surface area contributed by atoms with E-state index in [2.05, 4.69) is 27.4 Å². The molecule has 6 heteroatoms. The summed E-state index contributed by atoms with van der Waals surface area (Å²) in [4.78, 5) is 0. The number of aryl methyl sites for hydroxylation is 1. The number of anilines is 1. The summed E-state index contributed by atoms with van der Waals surface area (Å²) in [6, 6.07) is 7.88. The quantitative estimate of drug-likeness (QED) is 0.769. The minimum Gasteiger partial charge on any atom is -0.490 e. The van der Waals surface area contributed by atoms with Crippen molar-refractivity contribution in [3.63, 3.8) is 0 Å². The predicted octanol–water partition coefficient (Wildman–Crippen LogP) is 1.87. The van der Waals surface area contributed by atoms with Crippen molar-refractivity contribution in [1.29, 1.82) is 0 Å². The first-order valence-electron chi connectivity index (χ1n) is 6.16. The van der Waals surface area contributed by atoms with Crippen molar-refractivity contribution in [3.05, 3.63) is 42.5 Å². The lowest BCUT2D eigenvalue weighted by Crippen LogP contribution is -2.07. The molecule has 1 heterocycles. The van der Waals surface area contributed by atoms with Crippen LogP contribution < -0.4 is 10.1 Å². The molecule has 0 saturated heterocycles. The summed E-state index contributed by atoms with van der Waals surface area (Å²) >= 11 is 0. The highest BCUT2D eigenvalue weighted by atomic mass is 16.5. The van der Waals surface area contributed by atoms with Crippen LogP contribution in [-0.2, 0) is 13.1 Å². The molecule has 0 spiro atoms. The molecule has 2 aromatic rings. The Kier molecular flexibility index (Phi) is 4.49. The molecule has 0 bridgehead atoms. The molecule has 0 aliphatic rings. The molecule has 1 aromatic heterocycles. The van der Waals surface area contributed by atoms with Crippen LogP contribution in [0.4, 0.5) is 5.95 Å². The van der Waals surface area contributed by atoms with E-state index in [0.717, 1.165) is 17.9 Å². The molecule has 0 amide bonds. The summed E-state index contributed by atoms with van der Waals surface area (Å²) in [6.07, 6.45) is 1.72. The summed E-state index contributed by atoms with van der Waals surface area (Å²) in [5, 5.41) is 14.6. The third kappa shape index (κ3) is 3.54. The highest BCUT2D eigenvalue weighted by molar-refractivity contribution is 5.31. The molecule has 0 aliphatic carbocycles. The van der Waals surface area contributed by atoms with Crippen molar-refractivity contribution in [2.45, 2.75) is 20.0 Å². The van der Waals surface area contributed by atoms with Gasteiger partial charge in [-0.05, 0) is 35.0 Å². The number of nitrogens with zero attached hydrogens (tertiary/aromatic N) is 4. The maximum absolute atomic E-state index is 5.42. The number of hydrogen-bond acceptors (Lipinski definition) is 5. The molecule has 1 aromatic carbocycles. The normalized spacial score (nSPS) is 10.2. The van der Waals surface area contributed by atoms with Gasteiger partial charge in [0.05, 0.1) is 0 Å². The van der Waals surface area contributed by atoms with E-state index >= 15 is 0 Å². The Hall–Kier alpha value is -2.37. The molecule has 0 aliphatic heterocycles. The van der Waals surface area contributed by atoms with Crippen molar-refractivity contribution >= 4 is 5.95 Å². The van der Waals surface area contributed by atoms with Gasteiger partial charge in [-0.25, -0.2) is 4.68 Å². The second-order valence-electron chi connectivity index (χ2n) is 3.92. The van der Waals surface area contributed by atoms with Gasteiger partial charge in [0.2, 0.25) is 5.95 Å². The van der Waals surface area contributed by atoms with Gasteiger partial charge in [-0.1, -0.05) is 29.9 Å². The Labute approximate surface area is 112 Å². The lowest BCUT2D eigenvalue weighted by molar-refractivity contribution is 0.363. The van der Waals surface area contributed by atoms with E-state index in [0.29, 0.717) is 19.1 Å². The lowest BCUT2D eigenvalue weighted by atomic mass is 10.2. The van der Waals surface area contributed by atoms with Gasteiger partial charge >= 0.3 is 0 Å². The maximum atomic E-state index is 5.42. The SMILES string of the molecule is C=CCOc1ccc(CNc2nnnn2CC)cc1. The standard InChI is InChI=1S/C13H17N5O/c1-3-9-19-12-7-5-11(6-8-12)10-14-13-15-16-17-18(13)4-2/h3,5-8H,1,4,9-10H2,2H3,(H,14,15,17). The first-order chi connectivity index (χ1) is 9.33. The number of rotatable bonds is 7. The Morgan fingerprint density at radius 3 is 2.84 bits per heavy atom. The van der Waals surface area contributed by atoms with Gasteiger partial charge in [-0.2, -0.15) is 0 Å². The summed E-state index contributed by atoms with van der Waals surface area (Å²) in [7, 11) is 0. The maximum Gasteiger partial charge on any atom is 0.243 e. The van der Waals surface area contributed by atoms with Crippen molar-refractivity contribution in [2.24, 2.45) is 0 Å². The van der Waals surface area contributed by atoms with Crippen molar-refractivity contribution in [3.8, 4) is 5.75 Å². The number of hydrogen-bond donors (Lipinski definition) is 1. The Morgan fingerprint density at radius 1 is 1.37 bits per heavy atom. The fourth-order valence-corrected chi connectivity index (χ4v) is 1.58. The van der Waals surface area contributed by atoms with Crippen LogP contribution in [0.5, 0.6) is 5.75 Å². The van der Waals surface area contributed by atoms with Gasteiger partial charge in [-0.3, -0.25) is 0 Å². The summed E-state index contributed by atoms with van der Waals surface area (Å²) < 4.78 is 7.13. The molecular formula is C13H17N5O. The molecule has 0 atom stereocenters. The van der Waals surface area contributed by atoms with Gasteiger partial charge in [0.25, 0.3) is 0 Å². The molecule has 2 rings (SSSR count). The zero-order chi connectivity index (χ0) is 13.5. The Morgan fingerprint density at radius 2 is 2.16 bits per heavy atom. The monoisotopic (exact) mass is 259 g/mol. The second-order valence-corrected chi connectivity index (χ2v) is 3.92. The van der Waals surface area contributed by atoms with Crippen LogP contribution in [0.25, 0.3) is 0 Å². The topological polar surface area (TPSA) is 64.9 Å². The summed E-state index contributed by atoms with van der Waals surface area (Å²) in [5.41, 5.74) is 1.14. The van der Waals surface area contributed by atoms with Crippen molar-refractivity contribution in [2.75, 3.05) is 11.9 Å². The molecular weight excluding hydrogens is 242 g/mol. The average molecular weight is 259 g/mol. The molecule has 0 saturated carbocycles. The van der Waals surface area contributed by atoms with E-state index in [9.17, 15) is 0 Å². The van der Waals surface area contributed by atoms with E-state index < -0.39 is 0 Å². The fraction of sp³-hybridized carbons (Fsp3) is 0.308. The minimum atomic E-state index is 0.517. The zero-order valence-electron chi connectivity index (χ0n) is 10.9. The van der Waals surface area contributed by atoms with Gasteiger partial charge < -0.3 is 10.1 Å². The molecule has 1 N–H and O–H groups in total. The first-order valence-corrected chi connectivity index (χ1v) is 6.16. The van der Waals surface area contributed by atoms with E-state index in [1.54, 1.807) is 10.8 Å². The van der Waals surface area contributed by atoms with E-state index in [-0.39, 0.29) is 0 Å². The highest BCUT2D eigenvalue weighted by Gasteiger charge is 2.03. The molecule has 100 valence electrons. The number of nitrogens with one attached hydrogen (secondary N) is 1. The zero-order valence-corrected chi connectivity index (χ0v) is 10.9. The Bertz CT molecular complexity index is 520. The van der Waals surface area contributed by atoms with Crippen LogP contribution in [-0.4, -0.2) is 26.8 Å². The predicted molar refractivity (Wildman–Crippen MR) is 73.0 cm³/mol.